The van der Waals surface area contributed by atoms with Crippen LogP contribution >= 0.6 is 0 Å². The van der Waals surface area contributed by atoms with Crippen molar-refractivity contribution in [3.05, 3.63) is 24.0 Å². The Hall–Kier alpha value is -1.38. The Kier molecular flexibility index (Phi) is 3.43. The first-order valence-corrected chi connectivity index (χ1v) is 4.54. The van der Waals surface area contributed by atoms with Crippen LogP contribution in [0.4, 0.5) is 0 Å². The fourth-order valence-electron chi connectivity index (χ4n) is 0.980. The van der Waals surface area contributed by atoms with Crippen LogP contribution < -0.4 is 0 Å². The summed E-state index contributed by atoms with van der Waals surface area (Å²) in [5.74, 6) is 0. The van der Waals surface area contributed by atoms with Crippen molar-refractivity contribution in [2.24, 2.45) is 0 Å². The van der Waals surface area contributed by atoms with E-state index in [1.807, 2.05) is 13.0 Å². The van der Waals surface area contributed by atoms with Gasteiger partial charge in [0.05, 0.1) is 6.20 Å². The highest BCUT2D eigenvalue weighted by Crippen LogP contribution is 2.10. The molecular formula is C10H17N3. The molecule has 0 spiro atoms. The predicted molar refractivity (Wildman–Crippen MR) is 56.7 cm³/mol. The highest BCUT2D eigenvalue weighted by molar-refractivity contribution is 5.77. The van der Waals surface area contributed by atoms with Crippen molar-refractivity contribution in [1.29, 1.82) is 0 Å². The molecule has 3 heteroatoms. The third-order valence-electron chi connectivity index (χ3n) is 1.57. The Morgan fingerprint density at radius 3 is 2.77 bits per heavy atom. The van der Waals surface area contributed by atoms with Crippen LogP contribution in [0.2, 0.25) is 0 Å². The maximum absolute atomic E-state index is 4.08. The number of H-pyrrole nitrogens is 1. The molecule has 0 aromatic carbocycles. The van der Waals surface area contributed by atoms with Gasteiger partial charge in [-0.05, 0) is 18.6 Å². The Balaban J connectivity index is 0.000000381. The summed E-state index contributed by atoms with van der Waals surface area (Å²) in [6.45, 7) is 6.29. The van der Waals surface area contributed by atoms with Crippen LogP contribution in [0.1, 0.15) is 27.3 Å². The molecule has 0 fully saturated rings. The molecule has 3 nitrogen and oxygen atoms in total. The molecule has 0 aliphatic rings. The summed E-state index contributed by atoms with van der Waals surface area (Å²) in [6.07, 6.45) is 4.81. The third kappa shape index (κ3) is 2.28. The predicted octanol–water partition coefficient (Wildman–Crippen LogP) is 2.93. The number of aromatic amines is 1. The molecule has 0 saturated carbocycles. The van der Waals surface area contributed by atoms with Crippen LogP contribution in [0.15, 0.2) is 18.5 Å². The fourth-order valence-corrected chi connectivity index (χ4v) is 0.980. The molecule has 0 saturated heterocycles. The van der Waals surface area contributed by atoms with E-state index in [1.54, 1.807) is 12.4 Å². The van der Waals surface area contributed by atoms with E-state index in [9.17, 15) is 0 Å². The molecule has 0 bridgehead atoms. The van der Waals surface area contributed by atoms with E-state index in [4.69, 9.17) is 0 Å². The Morgan fingerprint density at radius 1 is 1.46 bits per heavy atom. The molecule has 2 aromatic rings. The van der Waals surface area contributed by atoms with Gasteiger partial charge in [-0.3, -0.25) is 5.10 Å². The lowest BCUT2D eigenvalue weighted by Gasteiger charge is -1.89. The SMILES string of the molecule is CCC.Cc1ccnc2[nH]ncc12.[HH]. The summed E-state index contributed by atoms with van der Waals surface area (Å²) in [5.41, 5.74) is 2.07. The van der Waals surface area contributed by atoms with Gasteiger partial charge in [-0.1, -0.05) is 20.3 Å². The van der Waals surface area contributed by atoms with E-state index in [0.717, 1.165) is 11.0 Å². The van der Waals surface area contributed by atoms with E-state index in [-0.39, 0.29) is 1.43 Å². The second-order valence-corrected chi connectivity index (χ2v) is 2.97. The van der Waals surface area contributed by atoms with Crippen molar-refractivity contribution >= 4 is 11.0 Å². The molecule has 13 heavy (non-hydrogen) atoms. The molecule has 2 heterocycles. The maximum atomic E-state index is 4.08. The summed E-state index contributed by atoms with van der Waals surface area (Å²) >= 11 is 0. The molecular weight excluding hydrogens is 162 g/mol. The van der Waals surface area contributed by atoms with Crippen molar-refractivity contribution in [3.8, 4) is 0 Å². The van der Waals surface area contributed by atoms with Crippen LogP contribution in [0.3, 0.4) is 0 Å². The van der Waals surface area contributed by atoms with E-state index in [0.29, 0.717) is 0 Å². The van der Waals surface area contributed by atoms with Gasteiger partial charge >= 0.3 is 0 Å². The van der Waals surface area contributed by atoms with E-state index in [1.165, 1.54) is 12.0 Å². The monoisotopic (exact) mass is 179 g/mol. The highest BCUT2D eigenvalue weighted by atomic mass is 15.1. The van der Waals surface area contributed by atoms with Gasteiger partial charge in [0.1, 0.15) is 0 Å². The molecule has 0 atom stereocenters. The highest BCUT2D eigenvalue weighted by Gasteiger charge is 1.96. The van der Waals surface area contributed by atoms with Crippen molar-refractivity contribution in [3.63, 3.8) is 0 Å². The molecule has 2 aromatic heterocycles. The molecule has 0 aliphatic carbocycles. The lowest BCUT2D eigenvalue weighted by atomic mass is 10.2. The number of nitrogens with zero attached hydrogens (tertiary/aromatic N) is 2. The van der Waals surface area contributed by atoms with Crippen molar-refractivity contribution in [1.82, 2.24) is 15.2 Å². The largest absolute Gasteiger partial charge is 0.261 e. The minimum Gasteiger partial charge on any atom is -0.261 e. The number of hydrogen-bond donors (Lipinski definition) is 1. The number of aryl methyl sites for hydroxylation is 1. The lowest BCUT2D eigenvalue weighted by Crippen LogP contribution is -1.77. The first kappa shape index (κ1) is 9.71. The zero-order valence-electron chi connectivity index (χ0n) is 8.33. The quantitative estimate of drug-likeness (QED) is 0.675. The molecule has 1 N–H and O–H groups in total. The van der Waals surface area contributed by atoms with Crippen LogP contribution in [-0.4, -0.2) is 15.2 Å². The fraction of sp³-hybridized carbons (Fsp3) is 0.400. The Labute approximate surface area is 79.7 Å². The van der Waals surface area contributed by atoms with E-state index < -0.39 is 0 Å². The van der Waals surface area contributed by atoms with Gasteiger partial charge in [-0.25, -0.2) is 4.98 Å². The molecule has 2 rings (SSSR count). The van der Waals surface area contributed by atoms with Gasteiger partial charge in [0, 0.05) is 13.0 Å². The number of pyridine rings is 1. The molecule has 0 unspecified atom stereocenters. The van der Waals surface area contributed by atoms with Crippen LogP contribution in [0.5, 0.6) is 0 Å². The average molecular weight is 179 g/mol. The molecule has 0 aliphatic heterocycles. The summed E-state index contributed by atoms with van der Waals surface area (Å²) in [4.78, 5) is 4.08. The Bertz CT molecular complexity index is 370. The normalized spacial score (nSPS) is 9.46. The van der Waals surface area contributed by atoms with E-state index >= 15 is 0 Å². The Morgan fingerprint density at radius 2 is 2.15 bits per heavy atom. The summed E-state index contributed by atoms with van der Waals surface area (Å²) in [6, 6.07) is 1.97. The minimum absolute atomic E-state index is 0. The average Bonchev–Trinajstić information content (AvgIpc) is 2.54. The molecule has 72 valence electrons. The van der Waals surface area contributed by atoms with Gasteiger partial charge in [0.2, 0.25) is 0 Å². The zero-order chi connectivity index (χ0) is 9.68. The zero-order valence-corrected chi connectivity index (χ0v) is 8.33. The summed E-state index contributed by atoms with van der Waals surface area (Å²) in [7, 11) is 0. The maximum Gasteiger partial charge on any atom is 0.155 e. The second-order valence-electron chi connectivity index (χ2n) is 2.97. The van der Waals surface area contributed by atoms with Gasteiger partial charge in [0.25, 0.3) is 0 Å². The van der Waals surface area contributed by atoms with Crippen LogP contribution in [0.25, 0.3) is 11.0 Å². The van der Waals surface area contributed by atoms with E-state index in [2.05, 4.69) is 29.0 Å². The number of hydrogen-bond acceptors (Lipinski definition) is 2. The summed E-state index contributed by atoms with van der Waals surface area (Å²) < 4.78 is 0. The third-order valence-corrected chi connectivity index (χ3v) is 1.57. The topological polar surface area (TPSA) is 41.6 Å². The van der Waals surface area contributed by atoms with Crippen LogP contribution in [-0.2, 0) is 0 Å². The van der Waals surface area contributed by atoms with Gasteiger partial charge < -0.3 is 0 Å². The number of aromatic nitrogens is 3. The summed E-state index contributed by atoms with van der Waals surface area (Å²) in [5, 5.41) is 7.77. The number of fused-ring (bicyclic) bond motifs is 1. The van der Waals surface area contributed by atoms with Crippen molar-refractivity contribution in [2.45, 2.75) is 27.2 Å². The lowest BCUT2D eigenvalue weighted by molar-refractivity contribution is 1.09. The number of rotatable bonds is 0. The standard InChI is InChI=1S/C7H7N3.C3H8.H2/c1-5-2-3-8-7-6(5)4-9-10-7;1-3-2;/h2-4H,1H3,(H,8,9,10);3H2,1-2H3;1H. The minimum atomic E-state index is 0. The van der Waals surface area contributed by atoms with Crippen LogP contribution in [0, 0.1) is 6.92 Å². The first-order chi connectivity index (χ1) is 6.29. The first-order valence-electron chi connectivity index (χ1n) is 4.54. The van der Waals surface area contributed by atoms with Gasteiger partial charge in [-0.2, -0.15) is 5.10 Å². The molecule has 0 radical (unpaired) electrons. The van der Waals surface area contributed by atoms with Crippen molar-refractivity contribution < 1.29 is 1.43 Å². The van der Waals surface area contributed by atoms with Gasteiger partial charge in [-0.15, -0.1) is 0 Å². The smallest absolute Gasteiger partial charge is 0.155 e. The molecule has 0 amide bonds. The van der Waals surface area contributed by atoms with Gasteiger partial charge in [0.15, 0.2) is 5.65 Å². The van der Waals surface area contributed by atoms with Crippen molar-refractivity contribution in [2.75, 3.05) is 0 Å². The number of nitrogens with one attached hydrogen (secondary N) is 1. The second kappa shape index (κ2) is 4.60.